The summed E-state index contributed by atoms with van der Waals surface area (Å²) in [7, 11) is 9.63. The standard InChI is InChI=1S/C36H40N2.2ClH.Pd/c1-21(2)26-15-11-16-27(22(3)4)33(26)37-35-30-19-9-13-25-14-10-20-31(32(25)30)36(35)38-34-28(23(5)6)17-12-18-29(34)24(7)8;;;/h9-24H,1-8H3;2*1H;/q;;;+2/p-2. The zero-order chi connectivity index (χ0) is 29.8. The molecule has 0 atom stereocenters. The number of benzene rings is 4. The predicted octanol–water partition coefficient (Wildman–Crippen LogP) is 12.0. The molecule has 0 saturated carbocycles. The van der Waals surface area contributed by atoms with E-state index in [1.165, 1.54) is 44.2 Å². The van der Waals surface area contributed by atoms with E-state index in [1.54, 1.807) is 0 Å². The quantitative estimate of drug-likeness (QED) is 0.182. The number of aliphatic imine (C=N–C) groups is 2. The van der Waals surface area contributed by atoms with Gasteiger partial charge in [-0.1, -0.05) is 128 Å². The molecule has 0 aliphatic heterocycles. The van der Waals surface area contributed by atoms with Crippen LogP contribution in [0.5, 0.6) is 0 Å². The van der Waals surface area contributed by atoms with Crippen LogP contribution in [0.3, 0.4) is 0 Å². The van der Waals surface area contributed by atoms with Crippen LogP contribution in [0.15, 0.2) is 82.8 Å². The summed E-state index contributed by atoms with van der Waals surface area (Å²) in [5, 5.41) is 2.49. The Balaban J connectivity index is 0.00000124. The van der Waals surface area contributed by atoms with Gasteiger partial charge in [-0.05, 0) is 51.3 Å². The summed E-state index contributed by atoms with van der Waals surface area (Å²) in [5.74, 6) is 1.51. The first-order valence-electron chi connectivity index (χ1n) is 14.4. The van der Waals surface area contributed by atoms with E-state index in [2.05, 4.69) is 128 Å². The molecule has 218 valence electrons. The van der Waals surface area contributed by atoms with Gasteiger partial charge < -0.3 is 0 Å². The molecule has 0 saturated heterocycles. The fraction of sp³-hybridized carbons (Fsp3) is 0.333. The second-order valence-electron chi connectivity index (χ2n) is 11.9. The average Bonchev–Trinajstić information content (AvgIpc) is 3.22. The number of halogens is 2. The average molecular weight is 678 g/mol. The number of nitrogens with zero attached hydrogens (tertiary/aromatic N) is 2. The molecule has 0 radical (unpaired) electrons. The van der Waals surface area contributed by atoms with Crippen molar-refractivity contribution in [3.8, 4) is 0 Å². The van der Waals surface area contributed by atoms with Crippen LogP contribution in [-0.2, 0) is 15.9 Å². The SMILES string of the molecule is CC(C)c1cccc(C(C)C)c1N=C1C(=Nc2c(C(C)C)cccc2C(C)C)c2cccc3cccc1c23.[Cl][Pd][Cl]. The van der Waals surface area contributed by atoms with Gasteiger partial charge >= 0.3 is 35.0 Å². The van der Waals surface area contributed by atoms with Crippen molar-refractivity contribution in [1.29, 1.82) is 0 Å². The second-order valence-corrected chi connectivity index (χ2v) is 14.2. The van der Waals surface area contributed by atoms with E-state index in [4.69, 9.17) is 29.0 Å². The molecule has 0 bridgehead atoms. The van der Waals surface area contributed by atoms with E-state index in [0.717, 1.165) is 22.8 Å². The van der Waals surface area contributed by atoms with Gasteiger partial charge in [-0.25, -0.2) is 9.98 Å². The van der Waals surface area contributed by atoms with Crippen molar-refractivity contribution in [2.45, 2.75) is 79.1 Å². The molecule has 5 heteroatoms. The van der Waals surface area contributed by atoms with Crippen molar-refractivity contribution in [1.82, 2.24) is 0 Å². The van der Waals surface area contributed by atoms with Crippen LogP contribution < -0.4 is 0 Å². The van der Waals surface area contributed by atoms with Crippen LogP contribution in [-0.4, -0.2) is 11.4 Å². The molecule has 0 amide bonds. The molecule has 0 N–H and O–H groups in total. The number of para-hydroxylation sites is 2. The van der Waals surface area contributed by atoms with Crippen LogP contribution in [0.4, 0.5) is 11.4 Å². The Morgan fingerprint density at radius 1 is 0.488 bits per heavy atom. The summed E-state index contributed by atoms with van der Waals surface area (Å²) in [6, 6.07) is 26.5. The van der Waals surface area contributed by atoms with Gasteiger partial charge in [0.2, 0.25) is 0 Å². The Morgan fingerprint density at radius 2 is 0.780 bits per heavy atom. The third-order valence-electron chi connectivity index (χ3n) is 7.77. The van der Waals surface area contributed by atoms with Gasteiger partial charge in [0, 0.05) is 16.5 Å². The first-order chi connectivity index (χ1) is 19.6. The van der Waals surface area contributed by atoms with E-state index in [1.807, 2.05) is 0 Å². The van der Waals surface area contributed by atoms with Crippen LogP contribution >= 0.6 is 19.1 Å². The summed E-state index contributed by atoms with van der Waals surface area (Å²) in [6.07, 6.45) is 0. The van der Waals surface area contributed by atoms with Gasteiger partial charge in [0.25, 0.3) is 0 Å². The van der Waals surface area contributed by atoms with Crippen LogP contribution in [0.25, 0.3) is 10.8 Å². The van der Waals surface area contributed by atoms with Gasteiger partial charge in [-0.2, -0.15) is 0 Å². The molecule has 0 unspecified atom stereocenters. The Labute approximate surface area is 262 Å². The summed E-state index contributed by atoms with van der Waals surface area (Å²) >= 11 is -0.106. The van der Waals surface area contributed by atoms with Crippen molar-refractivity contribution in [3.05, 3.63) is 106 Å². The molecule has 0 aromatic heterocycles. The third kappa shape index (κ3) is 6.55. The van der Waals surface area contributed by atoms with E-state index in [0.29, 0.717) is 23.7 Å². The summed E-state index contributed by atoms with van der Waals surface area (Å²) in [4.78, 5) is 11.1. The topological polar surface area (TPSA) is 24.7 Å². The number of hydrogen-bond acceptors (Lipinski definition) is 2. The van der Waals surface area contributed by atoms with Gasteiger partial charge in [-0.15, -0.1) is 0 Å². The summed E-state index contributed by atoms with van der Waals surface area (Å²) in [5.41, 5.74) is 11.7. The molecular weight excluding hydrogens is 638 g/mol. The Morgan fingerprint density at radius 3 is 1.07 bits per heavy atom. The van der Waals surface area contributed by atoms with Gasteiger partial charge in [-0.3, -0.25) is 0 Å². The predicted molar refractivity (Wildman–Crippen MR) is 177 cm³/mol. The first-order valence-corrected chi connectivity index (χ1v) is 18.4. The van der Waals surface area contributed by atoms with E-state index in [-0.39, 0.29) is 15.9 Å². The normalized spacial score (nSPS) is 14.8. The monoisotopic (exact) mass is 676 g/mol. The first kappa shape index (κ1) is 31.7. The molecule has 41 heavy (non-hydrogen) atoms. The molecule has 1 aliphatic rings. The molecule has 4 aromatic rings. The maximum atomic E-state index is 5.55. The van der Waals surface area contributed by atoms with Crippen molar-refractivity contribution >= 4 is 52.6 Å². The van der Waals surface area contributed by atoms with E-state index >= 15 is 0 Å². The third-order valence-corrected chi connectivity index (χ3v) is 7.77. The van der Waals surface area contributed by atoms with Crippen molar-refractivity contribution < 1.29 is 15.9 Å². The molecule has 0 fully saturated rings. The maximum absolute atomic E-state index is 5.55. The minimum atomic E-state index is -0.106. The summed E-state index contributed by atoms with van der Waals surface area (Å²) < 4.78 is 0. The minimum absolute atomic E-state index is 0.106. The van der Waals surface area contributed by atoms with E-state index < -0.39 is 0 Å². The summed E-state index contributed by atoms with van der Waals surface area (Å²) in [6.45, 7) is 18.1. The Bertz CT molecular complexity index is 1430. The number of rotatable bonds is 6. The van der Waals surface area contributed by atoms with Crippen LogP contribution in [0.2, 0.25) is 0 Å². The number of hydrogen-bond donors (Lipinski definition) is 0. The zero-order valence-corrected chi connectivity index (χ0v) is 28.3. The molecule has 4 aromatic carbocycles. The zero-order valence-electron chi connectivity index (χ0n) is 25.2. The van der Waals surface area contributed by atoms with Crippen LogP contribution in [0, 0.1) is 0 Å². The van der Waals surface area contributed by atoms with Crippen LogP contribution in [0.1, 0.15) is 112 Å². The van der Waals surface area contributed by atoms with Crippen molar-refractivity contribution in [2.24, 2.45) is 9.98 Å². The Hall–Kier alpha value is -2.28. The van der Waals surface area contributed by atoms with Gasteiger partial charge in [0.05, 0.1) is 22.8 Å². The fourth-order valence-corrected chi connectivity index (χ4v) is 5.72. The molecule has 2 nitrogen and oxygen atoms in total. The fourth-order valence-electron chi connectivity index (χ4n) is 5.72. The molecule has 0 heterocycles. The molecule has 5 rings (SSSR count). The van der Waals surface area contributed by atoms with Crippen molar-refractivity contribution in [2.75, 3.05) is 0 Å². The Kier molecular flexibility index (Phi) is 10.7. The van der Waals surface area contributed by atoms with E-state index in [9.17, 15) is 0 Å². The molecular formula is C36H40Cl2N2Pd. The molecule has 0 spiro atoms. The van der Waals surface area contributed by atoms with Gasteiger partial charge in [0.15, 0.2) is 0 Å². The molecule has 1 aliphatic carbocycles. The second kappa shape index (κ2) is 13.8. The van der Waals surface area contributed by atoms with Gasteiger partial charge in [0.1, 0.15) is 0 Å². The van der Waals surface area contributed by atoms with Crippen molar-refractivity contribution in [3.63, 3.8) is 0 Å².